The van der Waals surface area contributed by atoms with Gasteiger partial charge in [-0.15, -0.1) is 0 Å². The molecule has 0 aliphatic heterocycles. The molecule has 0 saturated heterocycles. The van der Waals surface area contributed by atoms with Crippen molar-refractivity contribution in [2.45, 2.75) is 18.8 Å². The topological polar surface area (TPSA) is 61.0 Å². The second-order valence-electron chi connectivity index (χ2n) is 5.32. The molecule has 104 valence electrons. The molecule has 0 radical (unpaired) electrons. The van der Waals surface area contributed by atoms with E-state index in [0.29, 0.717) is 11.6 Å². The third-order valence-electron chi connectivity index (χ3n) is 3.55. The Morgan fingerprint density at radius 1 is 1.40 bits per heavy atom. The molecule has 1 saturated carbocycles. The van der Waals surface area contributed by atoms with Crippen molar-refractivity contribution in [3.05, 3.63) is 42.0 Å². The minimum atomic E-state index is -0.104. The van der Waals surface area contributed by atoms with E-state index in [1.165, 1.54) is 12.8 Å². The van der Waals surface area contributed by atoms with Crippen molar-refractivity contribution in [3.8, 4) is 0 Å². The van der Waals surface area contributed by atoms with Crippen molar-refractivity contribution in [2.24, 2.45) is 0 Å². The lowest BCUT2D eigenvalue weighted by atomic mass is 10.1. The van der Waals surface area contributed by atoms with Gasteiger partial charge in [0.15, 0.2) is 0 Å². The van der Waals surface area contributed by atoms with Gasteiger partial charge in [-0.05, 0) is 36.5 Å². The maximum Gasteiger partial charge on any atom is 0.272 e. The SMILES string of the molecule is CN(C)c1ccncc1NC(=O)c1[nH]ccc1C1CC1. The van der Waals surface area contributed by atoms with Crippen molar-refractivity contribution in [1.29, 1.82) is 0 Å². The van der Waals surface area contributed by atoms with Gasteiger partial charge in [-0.1, -0.05) is 0 Å². The van der Waals surface area contributed by atoms with Crippen LogP contribution in [0.15, 0.2) is 30.7 Å². The summed E-state index contributed by atoms with van der Waals surface area (Å²) in [5.74, 6) is 0.442. The Morgan fingerprint density at radius 2 is 2.20 bits per heavy atom. The largest absolute Gasteiger partial charge is 0.376 e. The number of anilines is 2. The Kier molecular flexibility index (Phi) is 3.18. The molecule has 0 atom stereocenters. The van der Waals surface area contributed by atoms with Crippen LogP contribution in [0.4, 0.5) is 11.4 Å². The number of carbonyl (C=O) groups excluding carboxylic acids is 1. The number of nitrogens with zero attached hydrogens (tertiary/aromatic N) is 2. The van der Waals surface area contributed by atoms with Crippen LogP contribution in [0.1, 0.15) is 34.8 Å². The second kappa shape index (κ2) is 5.00. The minimum absolute atomic E-state index is 0.104. The third-order valence-corrected chi connectivity index (χ3v) is 3.55. The Labute approximate surface area is 118 Å². The standard InChI is InChI=1S/C15H18N4O/c1-19(2)13-6-7-16-9-12(13)18-15(20)14-11(5-8-17-14)10-3-4-10/h5-10,17H,3-4H2,1-2H3,(H,18,20). The van der Waals surface area contributed by atoms with Gasteiger partial charge >= 0.3 is 0 Å². The van der Waals surface area contributed by atoms with E-state index in [4.69, 9.17) is 0 Å². The van der Waals surface area contributed by atoms with Crippen LogP contribution in [0.5, 0.6) is 0 Å². The second-order valence-corrected chi connectivity index (χ2v) is 5.32. The van der Waals surface area contributed by atoms with Crippen LogP contribution in [0, 0.1) is 0 Å². The summed E-state index contributed by atoms with van der Waals surface area (Å²) in [5.41, 5.74) is 3.45. The molecule has 1 fully saturated rings. The highest BCUT2D eigenvalue weighted by Crippen LogP contribution is 2.41. The summed E-state index contributed by atoms with van der Waals surface area (Å²) in [5, 5.41) is 2.94. The first-order chi connectivity index (χ1) is 9.66. The zero-order chi connectivity index (χ0) is 14.1. The molecule has 20 heavy (non-hydrogen) atoms. The van der Waals surface area contributed by atoms with Crippen molar-refractivity contribution in [3.63, 3.8) is 0 Å². The Balaban J connectivity index is 1.84. The van der Waals surface area contributed by atoms with Gasteiger partial charge in [0, 0.05) is 26.5 Å². The van der Waals surface area contributed by atoms with Gasteiger partial charge in [-0.2, -0.15) is 0 Å². The molecule has 1 aliphatic rings. The molecule has 2 aromatic heterocycles. The molecular formula is C15H18N4O. The van der Waals surface area contributed by atoms with Crippen LogP contribution < -0.4 is 10.2 Å². The fourth-order valence-electron chi connectivity index (χ4n) is 2.37. The van der Waals surface area contributed by atoms with Crippen LogP contribution in [0.2, 0.25) is 0 Å². The highest BCUT2D eigenvalue weighted by molar-refractivity contribution is 6.05. The number of pyridine rings is 1. The van der Waals surface area contributed by atoms with Gasteiger partial charge in [0.25, 0.3) is 5.91 Å². The van der Waals surface area contributed by atoms with Crippen LogP contribution in [0.25, 0.3) is 0 Å². The van der Waals surface area contributed by atoms with Gasteiger partial charge in [-0.3, -0.25) is 9.78 Å². The van der Waals surface area contributed by atoms with Crippen LogP contribution in [0.3, 0.4) is 0 Å². The number of hydrogen-bond acceptors (Lipinski definition) is 3. The Morgan fingerprint density at radius 3 is 2.90 bits per heavy atom. The average Bonchev–Trinajstić information content (AvgIpc) is 3.16. The van der Waals surface area contributed by atoms with Gasteiger partial charge in [0.05, 0.1) is 17.6 Å². The first-order valence-electron chi connectivity index (χ1n) is 6.77. The number of nitrogens with one attached hydrogen (secondary N) is 2. The van der Waals surface area contributed by atoms with Crippen molar-refractivity contribution < 1.29 is 4.79 Å². The first-order valence-corrected chi connectivity index (χ1v) is 6.77. The van der Waals surface area contributed by atoms with Crippen LogP contribution in [-0.4, -0.2) is 30.0 Å². The van der Waals surface area contributed by atoms with E-state index in [-0.39, 0.29) is 5.91 Å². The molecule has 3 rings (SSSR count). The molecule has 0 spiro atoms. The van der Waals surface area contributed by atoms with Crippen LogP contribution >= 0.6 is 0 Å². The molecule has 5 heteroatoms. The molecule has 2 aromatic rings. The van der Waals surface area contributed by atoms with Crippen LogP contribution in [-0.2, 0) is 0 Å². The van der Waals surface area contributed by atoms with E-state index in [2.05, 4.69) is 15.3 Å². The van der Waals surface area contributed by atoms with Crippen molar-refractivity contribution in [1.82, 2.24) is 9.97 Å². The number of aromatic nitrogens is 2. The summed E-state index contributed by atoms with van der Waals surface area (Å²) in [6, 6.07) is 3.88. The summed E-state index contributed by atoms with van der Waals surface area (Å²) in [4.78, 5) is 21.5. The van der Waals surface area contributed by atoms with E-state index in [9.17, 15) is 4.79 Å². The van der Waals surface area contributed by atoms with Gasteiger partial charge in [-0.25, -0.2) is 0 Å². The smallest absolute Gasteiger partial charge is 0.272 e. The summed E-state index contributed by atoms with van der Waals surface area (Å²) in [6.45, 7) is 0. The monoisotopic (exact) mass is 270 g/mol. The Bertz CT molecular complexity index is 628. The predicted octanol–water partition coefficient (Wildman–Crippen LogP) is 2.61. The number of H-pyrrole nitrogens is 1. The number of carbonyl (C=O) groups is 1. The zero-order valence-electron chi connectivity index (χ0n) is 11.7. The van der Waals surface area contributed by atoms with Crippen molar-refractivity contribution >= 4 is 17.3 Å². The molecule has 2 N–H and O–H groups in total. The van der Waals surface area contributed by atoms with Gasteiger partial charge in [0.1, 0.15) is 5.69 Å². The predicted molar refractivity (Wildman–Crippen MR) is 79.3 cm³/mol. The fourth-order valence-corrected chi connectivity index (χ4v) is 2.37. The molecule has 0 bridgehead atoms. The van der Waals surface area contributed by atoms with E-state index in [1.807, 2.05) is 37.3 Å². The molecule has 2 heterocycles. The molecule has 1 aliphatic carbocycles. The minimum Gasteiger partial charge on any atom is -0.376 e. The number of aromatic amines is 1. The highest BCUT2D eigenvalue weighted by Gasteiger charge is 2.29. The molecular weight excluding hydrogens is 252 g/mol. The molecule has 0 aromatic carbocycles. The quantitative estimate of drug-likeness (QED) is 0.897. The average molecular weight is 270 g/mol. The lowest BCUT2D eigenvalue weighted by Gasteiger charge is -2.17. The summed E-state index contributed by atoms with van der Waals surface area (Å²) < 4.78 is 0. The lowest BCUT2D eigenvalue weighted by molar-refractivity contribution is 0.102. The maximum atomic E-state index is 12.4. The van der Waals surface area contributed by atoms with Gasteiger partial charge in [0.2, 0.25) is 0 Å². The lowest BCUT2D eigenvalue weighted by Crippen LogP contribution is -2.18. The third kappa shape index (κ3) is 2.39. The van der Waals surface area contributed by atoms with Crippen molar-refractivity contribution in [2.75, 3.05) is 24.3 Å². The van der Waals surface area contributed by atoms with E-state index in [0.717, 1.165) is 16.9 Å². The normalized spacial score (nSPS) is 14.1. The fraction of sp³-hybridized carbons (Fsp3) is 0.333. The van der Waals surface area contributed by atoms with E-state index in [1.54, 1.807) is 12.4 Å². The number of amides is 1. The molecule has 1 amide bonds. The first kappa shape index (κ1) is 12.7. The number of hydrogen-bond donors (Lipinski definition) is 2. The molecule has 0 unspecified atom stereocenters. The maximum absolute atomic E-state index is 12.4. The van der Waals surface area contributed by atoms with E-state index >= 15 is 0 Å². The summed E-state index contributed by atoms with van der Waals surface area (Å²) in [7, 11) is 3.88. The highest BCUT2D eigenvalue weighted by atomic mass is 16.1. The molecule has 5 nitrogen and oxygen atoms in total. The number of rotatable bonds is 4. The summed E-state index contributed by atoms with van der Waals surface area (Å²) >= 11 is 0. The Hall–Kier alpha value is -2.30. The zero-order valence-corrected chi connectivity index (χ0v) is 11.7. The van der Waals surface area contributed by atoms with E-state index < -0.39 is 0 Å². The summed E-state index contributed by atoms with van der Waals surface area (Å²) in [6.07, 6.45) is 7.57. The van der Waals surface area contributed by atoms with Gasteiger partial charge < -0.3 is 15.2 Å².